The number of rotatable bonds is 17. The molecule has 0 N–H and O–H groups in total. The van der Waals surface area contributed by atoms with E-state index in [-0.39, 0.29) is 11.9 Å². The van der Waals surface area contributed by atoms with Crippen molar-refractivity contribution in [1.82, 2.24) is 0 Å². The molecule has 0 amide bonds. The molecule has 1 aromatic carbocycles. The van der Waals surface area contributed by atoms with Crippen LogP contribution in [-0.2, 0) is 14.3 Å². The van der Waals surface area contributed by atoms with Gasteiger partial charge in [-0.15, -0.1) is 0 Å². The summed E-state index contributed by atoms with van der Waals surface area (Å²) in [6, 6.07) is 7.95. The highest BCUT2D eigenvalue weighted by atomic mass is 16.6. The van der Waals surface area contributed by atoms with Crippen LogP contribution in [0.2, 0.25) is 0 Å². The minimum atomic E-state index is -0.488. The predicted molar refractivity (Wildman–Crippen MR) is 148 cm³/mol. The van der Waals surface area contributed by atoms with Gasteiger partial charge in [0, 0.05) is 6.42 Å². The lowest BCUT2D eigenvalue weighted by molar-refractivity contribution is -0.153. The van der Waals surface area contributed by atoms with Crippen molar-refractivity contribution in [1.29, 1.82) is 0 Å². The van der Waals surface area contributed by atoms with Crippen LogP contribution in [0.4, 0.5) is 0 Å². The standard InChI is InChI=1S/C32H52O4/c1-5-7-9-10-11-12-14-16-31(33)35-25(3)26(4)36-32(34)30-23-21-29(22-24-30)28-19-17-27(18-20-28)15-13-8-6-2/h21-28H,5-20H2,1-4H3/t25?,26?,27-,28-. The van der Waals surface area contributed by atoms with E-state index in [0.717, 1.165) is 18.8 Å². The zero-order chi connectivity index (χ0) is 26.2. The van der Waals surface area contributed by atoms with Gasteiger partial charge in [0.25, 0.3) is 0 Å². The molecule has 2 rings (SSSR count). The van der Waals surface area contributed by atoms with Crippen molar-refractivity contribution in [2.24, 2.45) is 5.92 Å². The minimum absolute atomic E-state index is 0.205. The molecule has 0 radical (unpaired) electrons. The molecule has 36 heavy (non-hydrogen) atoms. The number of hydrogen-bond acceptors (Lipinski definition) is 4. The van der Waals surface area contributed by atoms with Gasteiger partial charge in [0.05, 0.1) is 5.56 Å². The molecule has 0 heterocycles. The lowest BCUT2D eigenvalue weighted by Crippen LogP contribution is -2.30. The maximum Gasteiger partial charge on any atom is 0.338 e. The van der Waals surface area contributed by atoms with Crippen molar-refractivity contribution in [2.45, 2.75) is 149 Å². The number of hydrogen-bond donors (Lipinski definition) is 0. The monoisotopic (exact) mass is 500 g/mol. The number of unbranched alkanes of at least 4 members (excludes halogenated alkanes) is 8. The van der Waals surface area contributed by atoms with E-state index in [4.69, 9.17) is 9.47 Å². The third-order valence-electron chi connectivity index (χ3n) is 7.94. The van der Waals surface area contributed by atoms with Gasteiger partial charge >= 0.3 is 11.9 Å². The van der Waals surface area contributed by atoms with Gasteiger partial charge in [-0.2, -0.15) is 0 Å². The summed E-state index contributed by atoms with van der Waals surface area (Å²) in [7, 11) is 0. The topological polar surface area (TPSA) is 52.6 Å². The molecule has 0 saturated heterocycles. The Morgan fingerprint density at radius 3 is 1.94 bits per heavy atom. The molecule has 1 aliphatic carbocycles. The first-order valence-electron chi connectivity index (χ1n) is 14.9. The van der Waals surface area contributed by atoms with Gasteiger partial charge < -0.3 is 9.47 Å². The van der Waals surface area contributed by atoms with Gasteiger partial charge in [-0.05, 0) is 75.5 Å². The summed E-state index contributed by atoms with van der Waals surface area (Å²) in [5, 5.41) is 0. The SMILES string of the molecule is CCCCCCCCCC(=O)OC(C)C(C)OC(=O)c1ccc([C@H]2CC[C@H](CCCCC)CC2)cc1. The zero-order valence-corrected chi connectivity index (χ0v) is 23.6. The summed E-state index contributed by atoms with van der Waals surface area (Å²) in [4.78, 5) is 24.8. The Morgan fingerprint density at radius 1 is 0.750 bits per heavy atom. The Bertz CT molecular complexity index is 733. The first kappa shape index (κ1) is 30.4. The molecule has 0 spiro atoms. The van der Waals surface area contributed by atoms with Crippen molar-refractivity contribution < 1.29 is 19.1 Å². The molecule has 2 unspecified atom stereocenters. The molecule has 0 aliphatic heterocycles. The molecule has 1 saturated carbocycles. The Hall–Kier alpha value is -1.84. The second kappa shape index (κ2) is 17.6. The van der Waals surface area contributed by atoms with Gasteiger partial charge in [0.15, 0.2) is 0 Å². The van der Waals surface area contributed by atoms with Crippen LogP contribution in [0.5, 0.6) is 0 Å². The van der Waals surface area contributed by atoms with Crippen molar-refractivity contribution in [3.8, 4) is 0 Å². The van der Waals surface area contributed by atoms with E-state index in [9.17, 15) is 9.59 Å². The molecule has 4 heteroatoms. The van der Waals surface area contributed by atoms with Crippen LogP contribution >= 0.6 is 0 Å². The van der Waals surface area contributed by atoms with Crippen LogP contribution in [0.25, 0.3) is 0 Å². The summed E-state index contributed by atoms with van der Waals surface area (Å²) in [6.07, 6.45) is 18.2. The smallest absolute Gasteiger partial charge is 0.338 e. The van der Waals surface area contributed by atoms with E-state index in [0.29, 0.717) is 17.9 Å². The largest absolute Gasteiger partial charge is 0.459 e. The number of esters is 2. The summed E-state index contributed by atoms with van der Waals surface area (Å²) >= 11 is 0. The number of carbonyl (C=O) groups is 2. The second-order valence-corrected chi connectivity index (χ2v) is 11.0. The fourth-order valence-electron chi connectivity index (χ4n) is 5.28. The predicted octanol–water partition coefficient (Wildman–Crippen LogP) is 9.16. The van der Waals surface area contributed by atoms with Crippen LogP contribution in [0.1, 0.15) is 152 Å². The number of ether oxygens (including phenoxy) is 2. The van der Waals surface area contributed by atoms with Gasteiger partial charge in [-0.3, -0.25) is 4.79 Å². The number of carbonyl (C=O) groups excluding carboxylic acids is 2. The van der Waals surface area contributed by atoms with E-state index in [1.807, 2.05) is 12.1 Å². The highest BCUT2D eigenvalue weighted by Crippen LogP contribution is 2.37. The molecule has 4 nitrogen and oxygen atoms in total. The fourth-order valence-corrected chi connectivity index (χ4v) is 5.28. The lowest BCUT2D eigenvalue weighted by Gasteiger charge is -2.29. The Kier molecular flexibility index (Phi) is 14.8. The van der Waals surface area contributed by atoms with E-state index in [1.54, 1.807) is 13.8 Å². The molecule has 1 fully saturated rings. The van der Waals surface area contributed by atoms with Gasteiger partial charge in [-0.1, -0.05) is 90.2 Å². The molecule has 204 valence electrons. The molecule has 1 aromatic rings. The lowest BCUT2D eigenvalue weighted by atomic mass is 9.77. The van der Waals surface area contributed by atoms with Crippen LogP contribution in [-0.4, -0.2) is 24.1 Å². The number of benzene rings is 1. The normalized spacial score (nSPS) is 19.4. The van der Waals surface area contributed by atoms with Crippen LogP contribution < -0.4 is 0 Å². The van der Waals surface area contributed by atoms with Crippen molar-refractivity contribution in [3.63, 3.8) is 0 Å². The van der Waals surface area contributed by atoms with Crippen molar-refractivity contribution >= 4 is 11.9 Å². The van der Waals surface area contributed by atoms with Crippen molar-refractivity contribution in [2.75, 3.05) is 0 Å². The highest BCUT2D eigenvalue weighted by Gasteiger charge is 2.24. The van der Waals surface area contributed by atoms with E-state index in [2.05, 4.69) is 26.0 Å². The van der Waals surface area contributed by atoms with Crippen LogP contribution in [0.3, 0.4) is 0 Å². The minimum Gasteiger partial charge on any atom is -0.459 e. The molecule has 0 bridgehead atoms. The maximum atomic E-state index is 12.7. The molecule has 2 atom stereocenters. The average molecular weight is 501 g/mol. The third-order valence-corrected chi connectivity index (χ3v) is 7.94. The Balaban J connectivity index is 1.68. The molecule has 1 aliphatic rings. The maximum absolute atomic E-state index is 12.7. The van der Waals surface area contributed by atoms with Crippen LogP contribution in [0, 0.1) is 5.92 Å². The summed E-state index contributed by atoms with van der Waals surface area (Å²) < 4.78 is 11.1. The van der Waals surface area contributed by atoms with Gasteiger partial charge in [-0.25, -0.2) is 4.79 Å². The van der Waals surface area contributed by atoms with E-state index >= 15 is 0 Å². The molecule has 0 aromatic heterocycles. The average Bonchev–Trinajstić information content (AvgIpc) is 2.88. The first-order chi connectivity index (χ1) is 17.4. The molecular formula is C32H52O4. The van der Waals surface area contributed by atoms with E-state index < -0.39 is 12.2 Å². The third kappa shape index (κ3) is 11.5. The molecular weight excluding hydrogens is 448 g/mol. The fraction of sp³-hybridized carbons (Fsp3) is 0.750. The van der Waals surface area contributed by atoms with Crippen molar-refractivity contribution in [3.05, 3.63) is 35.4 Å². The summed E-state index contributed by atoms with van der Waals surface area (Å²) in [5.74, 6) is 0.939. The highest BCUT2D eigenvalue weighted by molar-refractivity contribution is 5.89. The second-order valence-electron chi connectivity index (χ2n) is 11.0. The quantitative estimate of drug-likeness (QED) is 0.158. The van der Waals surface area contributed by atoms with Gasteiger partial charge in [0.1, 0.15) is 12.2 Å². The van der Waals surface area contributed by atoms with Gasteiger partial charge in [0.2, 0.25) is 0 Å². The summed E-state index contributed by atoms with van der Waals surface area (Å²) in [6.45, 7) is 8.07. The summed E-state index contributed by atoms with van der Waals surface area (Å²) in [5.41, 5.74) is 1.89. The Labute approximate surface area is 220 Å². The van der Waals surface area contributed by atoms with Crippen LogP contribution in [0.15, 0.2) is 24.3 Å². The zero-order valence-electron chi connectivity index (χ0n) is 23.6. The first-order valence-corrected chi connectivity index (χ1v) is 14.9. The Morgan fingerprint density at radius 2 is 1.31 bits per heavy atom. The van der Waals surface area contributed by atoms with E-state index in [1.165, 1.54) is 89.0 Å².